The maximum Gasteiger partial charge on any atom is 0.160 e. The molecule has 8 heteroatoms. The molecule has 148 valence electrons. The second-order valence-corrected chi connectivity index (χ2v) is 9.88. The largest absolute Gasteiger partial charge is 0.493 e. The van der Waals surface area contributed by atoms with Crippen LogP contribution in [-0.2, 0) is 27.8 Å². The Balaban J connectivity index is 1.29. The highest BCUT2D eigenvalue weighted by atomic mass is 32.2. The lowest BCUT2D eigenvalue weighted by atomic mass is 10.0. The monoisotopic (exact) mass is 400 g/mol. The smallest absolute Gasteiger partial charge is 0.160 e. The lowest BCUT2D eigenvalue weighted by molar-refractivity contribution is 0.198. The molecule has 3 aliphatic heterocycles. The highest BCUT2D eigenvalue weighted by Crippen LogP contribution is 2.33. The lowest BCUT2D eigenvalue weighted by Gasteiger charge is -2.39. The molecule has 2 aromatic rings. The maximum absolute atomic E-state index is 12.0. The third kappa shape index (κ3) is 3.14. The fourth-order valence-corrected chi connectivity index (χ4v) is 5.94. The third-order valence-corrected chi connectivity index (χ3v) is 7.54. The standard InChI is InChI=1S/C20H24N4O3S/c1-14(16-3-2-15-4-9-27-19(15)10-16)23-5-7-24(8-6-23)20-17-11-28(25,26)12-18(17)21-13-22-20/h2-3,10,13-14H,4-9,11-12H2,1H3. The topological polar surface area (TPSA) is 75.6 Å². The molecule has 1 unspecified atom stereocenters. The van der Waals surface area contributed by atoms with Crippen LogP contribution in [0.4, 0.5) is 5.82 Å². The van der Waals surface area contributed by atoms with Crippen molar-refractivity contribution in [1.29, 1.82) is 0 Å². The Kier molecular flexibility index (Phi) is 4.28. The number of rotatable bonds is 3. The van der Waals surface area contributed by atoms with E-state index < -0.39 is 9.84 Å². The number of piperazine rings is 1. The summed E-state index contributed by atoms with van der Waals surface area (Å²) in [5, 5.41) is 0. The number of benzene rings is 1. The van der Waals surface area contributed by atoms with Crippen LogP contribution in [0.2, 0.25) is 0 Å². The van der Waals surface area contributed by atoms with E-state index >= 15 is 0 Å². The maximum atomic E-state index is 12.0. The van der Waals surface area contributed by atoms with E-state index in [1.54, 1.807) is 0 Å². The molecule has 1 saturated heterocycles. The molecular formula is C20H24N4O3S. The van der Waals surface area contributed by atoms with Gasteiger partial charge in [0.15, 0.2) is 9.84 Å². The first-order valence-electron chi connectivity index (χ1n) is 9.78. The van der Waals surface area contributed by atoms with Crippen molar-refractivity contribution in [3.8, 4) is 5.75 Å². The van der Waals surface area contributed by atoms with E-state index in [0.717, 1.165) is 56.3 Å². The minimum atomic E-state index is -3.08. The SMILES string of the molecule is CC(c1ccc2c(c1)OCC2)N1CCN(c2ncnc3c2CS(=O)(=O)C3)CC1. The molecule has 0 spiro atoms. The Hall–Kier alpha value is -2.19. The molecule has 7 nitrogen and oxygen atoms in total. The molecule has 0 bridgehead atoms. The zero-order valence-electron chi connectivity index (χ0n) is 16.0. The first-order chi connectivity index (χ1) is 13.5. The molecule has 1 atom stereocenters. The molecular weight excluding hydrogens is 376 g/mol. The molecule has 4 heterocycles. The van der Waals surface area contributed by atoms with Gasteiger partial charge in [0.25, 0.3) is 0 Å². The lowest BCUT2D eigenvalue weighted by Crippen LogP contribution is -2.47. The van der Waals surface area contributed by atoms with Crippen molar-refractivity contribution in [3.05, 3.63) is 46.9 Å². The van der Waals surface area contributed by atoms with Gasteiger partial charge in [-0.3, -0.25) is 4.90 Å². The second kappa shape index (κ2) is 6.70. The summed E-state index contributed by atoms with van der Waals surface area (Å²) < 4.78 is 29.7. The molecule has 28 heavy (non-hydrogen) atoms. The highest BCUT2D eigenvalue weighted by molar-refractivity contribution is 7.90. The van der Waals surface area contributed by atoms with Crippen molar-refractivity contribution < 1.29 is 13.2 Å². The van der Waals surface area contributed by atoms with E-state index in [1.165, 1.54) is 17.5 Å². The Bertz CT molecular complexity index is 1020. The summed E-state index contributed by atoms with van der Waals surface area (Å²) in [4.78, 5) is 13.3. The van der Waals surface area contributed by atoms with Gasteiger partial charge >= 0.3 is 0 Å². The molecule has 0 radical (unpaired) electrons. The van der Waals surface area contributed by atoms with Crippen LogP contribution in [0.3, 0.4) is 0 Å². The number of ether oxygens (including phenoxy) is 1. The molecule has 0 amide bonds. The molecule has 5 rings (SSSR count). The minimum Gasteiger partial charge on any atom is -0.493 e. The average Bonchev–Trinajstić information content (AvgIpc) is 3.28. The van der Waals surface area contributed by atoms with Gasteiger partial charge in [-0.1, -0.05) is 12.1 Å². The highest BCUT2D eigenvalue weighted by Gasteiger charge is 2.32. The molecule has 0 aliphatic carbocycles. The van der Waals surface area contributed by atoms with E-state index in [9.17, 15) is 8.42 Å². The number of aromatic nitrogens is 2. The van der Waals surface area contributed by atoms with E-state index in [2.05, 4.69) is 44.9 Å². The van der Waals surface area contributed by atoms with E-state index in [0.29, 0.717) is 11.7 Å². The molecule has 0 saturated carbocycles. The normalized spacial score (nSPS) is 21.8. The van der Waals surface area contributed by atoms with Crippen molar-refractivity contribution in [2.75, 3.05) is 37.7 Å². The summed E-state index contributed by atoms with van der Waals surface area (Å²) in [6, 6.07) is 6.90. The van der Waals surface area contributed by atoms with Gasteiger partial charge in [0, 0.05) is 44.2 Å². The van der Waals surface area contributed by atoms with E-state index in [4.69, 9.17) is 4.74 Å². The number of sulfone groups is 1. The first-order valence-corrected chi connectivity index (χ1v) is 11.6. The molecule has 1 aromatic carbocycles. The van der Waals surface area contributed by atoms with Crippen molar-refractivity contribution in [2.24, 2.45) is 0 Å². The zero-order valence-corrected chi connectivity index (χ0v) is 16.8. The van der Waals surface area contributed by atoms with Gasteiger partial charge in [-0.15, -0.1) is 0 Å². The fourth-order valence-electron chi connectivity index (χ4n) is 4.44. The number of hydrogen-bond donors (Lipinski definition) is 0. The van der Waals surface area contributed by atoms with Crippen LogP contribution in [0.15, 0.2) is 24.5 Å². The third-order valence-electron chi connectivity index (χ3n) is 6.10. The van der Waals surface area contributed by atoms with Gasteiger partial charge in [-0.2, -0.15) is 0 Å². The van der Waals surface area contributed by atoms with E-state index in [1.807, 2.05) is 0 Å². The van der Waals surface area contributed by atoms with Crippen LogP contribution in [0.1, 0.15) is 35.3 Å². The molecule has 1 fully saturated rings. The van der Waals surface area contributed by atoms with Gasteiger partial charge in [0.2, 0.25) is 0 Å². The fraction of sp³-hybridized carbons (Fsp3) is 0.500. The number of fused-ring (bicyclic) bond motifs is 2. The van der Waals surface area contributed by atoms with Crippen LogP contribution < -0.4 is 9.64 Å². The van der Waals surface area contributed by atoms with Crippen LogP contribution >= 0.6 is 0 Å². The van der Waals surface area contributed by atoms with Crippen molar-refractivity contribution in [2.45, 2.75) is 30.9 Å². The summed E-state index contributed by atoms with van der Waals surface area (Å²) >= 11 is 0. The summed E-state index contributed by atoms with van der Waals surface area (Å²) in [5.41, 5.74) is 4.04. The van der Waals surface area contributed by atoms with E-state index in [-0.39, 0.29) is 11.5 Å². The van der Waals surface area contributed by atoms with Crippen LogP contribution in [0.5, 0.6) is 5.75 Å². The summed E-state index contributed by atoms with van der Waals surface area (Å²) in [7, 11) is -3.08. The van der Waals surface area contributed by atoms with Gasteiger partial charge in [0.05, 0.1) is 23.8 Å². The molecule has 1 aromatic heterocycles. The predicted molar refractivity (Wildman–Crippen MR) is 106 cm³/mol. The van der Waals surface area contributed by atoms with Gasteiger partial charge < -0.3 is 9.64 Å². The first kappa shape index (κ1) is 17.9. The van der Waals surface area contributed by atoms with Crippen molar-refractivity contribution in [3.63, 3.8) is 0 Å². The van der Waals surface area contributed by atoms with Crippen molar-refractivity contribution in [1.82, 2.24) is 14.9 Å². The summed E-state index contributed by atoms with van der Waals surface area (Å²) in [6.07, 6.45) is 2.50. The number of hydrogen-bond acceptors (Lipinski definition) is 7. The second-order valence-electron chi connectivity index (χ2n) is 7.82. The van der Waals surface area contributed by atoms with Gasteiger partial charge in [-0.25, -0.2) is 18.4 Å². The number of nitrogens with zero attached hydrogens (tertiary/aromatic N) is 4. The van der Waals surface area contributed by atoms with Crippen LogP contribution in [0.25, 0.3) is 0 Å². The summed E-state index contributed by atoms with van der Waals surface area (Å²) in [5.74, 6) is 1.92. The average molecular weight is 401 g/mol. The van der Waals surface area contributed by atoms with Crippen LogP contribution in [-0.4, -0.2) is 56.1 Å². The quantitative estimate of drug-likeness (QED) is 0.777. The van der Waals surface area contributed by atoms with Gasteiger partial charge in [-0.05, 0) is 24.1 Å². The Morgan fingerprint density at radius 2 is 1.93 bits per heavy atom. The van der Waals surface area contributed by atoms with Crippen molar-refractivity contribution >= 4 is 15.7 Å². The molecule has 3 aliphatic rings. The summed E-state index contributed by atoms with van der Waals surface area (Å²) in [6.45, 7) is 6.49. The number of anilines is 1. The molecule has 0 N–H and O–H groups in total. The van der Waals surface area contributed by atoms with Gasteiger partial charge in [0.1, 0.15) is 17.9 Å². The zero-order chi connectivity index (χ0) is 19.3. The Morgan fingerprint density at radius 1 is 1.11 bits per heavy atom. The minimum absolute atomic E-state index is 0.0370. The Labute approximate surface area is 165 Å². The Morgan fingerprint density at radius 3 is 2.75 bits per heavy atom. The predicted octanol–water partition coefficient (Wildman–Crippen LogP) is 1.72. The van der Waals surface area contributed by atoms with Crippen LogP contribution in [0, 0.1) is 0 Å².